The number of carbonyl (C=O) groups is 1. The molecule has 0 aromatic carbocycles. The fraction of sp³-hybridized carbons (Fsp3) is 0.923. The largest absolute Gasteiger partial charge is 0.461 e. The van der Waals surface area contributed by atoms with Gasteiger partial charge in [-0.1, -0.05) is 20.8 Å². The van der Waals surface area contributed by atoms with Crippen molar-refractivity contribution in [3.8, 4) is 0 Å². The molecule has 0 bridgehead atoms. The molecule has 0 spiro atoms. The van der Waals surface area contributed by atoms with Gasteiger partial charge in [0.25, 0.3) is 0 Å². The molecule has 0 aromatic rings. The van der Waals surface area contributed by atoms with Crippen LogP contribution in [0.1, 0.15) is 33.6 Å². The molecule has 0 saturated carbocycles. The molecule has 1 aliphatic heterocycles. The first-order valence-corrected chi connectivity index (χ1v) is 6.32. The number of ether oxygens (including phenoxy) is 2. The van der Waals surface area contributed by atoms with Gasteiger partial charge in [0, 0.05) is 13.1 Å². The second kappa shape index (κ2) is 6.36. The molecular formula is C13H25NO3. The van der Waals surface area contributed by atoms with Crippen molar-refractivity contribution >= 4 is 5.97 Å². The van der Waals surface area contributed by atoms with Gasteiger partial charge >= 0.3 is 5.97 Å². The van der Waals surface area contributed by atoms with E-state index in [1.807, 2.05) is 0 Å². The topological polar surface area (TPSA) is 38.8 Å². The van der Waals surface area contributed by atoms with Crippen LogP contribution in [0, 0.1) is 5.41 Å². The van der Waals surface area contributed by atoms with Crippen LogP contribution in [0.25, 0.3) is 0 Å². The van der Waals surface area contributed by atoms with Gasteiger partial charge in [-0.2, -0.15) is 0 Å². The predicted octanol–water partition coefficient (Wildman–Crippen LogP) is 1.69. The number of nitrogens with zero attached hydrogens (tertiary/aromatic N) is 1. The van der Waals surface area contributed by atoms with E-state index in [0.29, 0.717) is 6.61 Å². The summed E-state index contributed by atoms with van der Waals surface area (Å²) < 4.78 is 10.7. The Labute approximate surface area is 104 Å². The van der Waals surface area contributed by atoms with Crippen LogP contribution in [-0.2, 0) is 14.3 Å². The molecule has 4 heteroatoms. The third-order valence-corrected chi connectivity index (χ3v) is 2.72. The smallest absolute Gasteiger partial charge is 0.332 e. The highest BCUT2D eigenvalue weighted by molar-refractivity contribution is 5.70. The molecule has 0 N–H and O–H groups in total. The van der Waals surface area contributed by atoms with Gasteiger partial charge in [0.05, 0.1) is 6.61 Å². The van der Waals surface area contributed by atoms with Crippen LogP contribution in [0.15, 0.2) is 0 Å². The maximum absolute atomic E-state index is 11.5. The van der Waals surface area contributed by atoms with Crippen molar-refractivity contribution in [2.24, 2.45) is 5.41 Å². The van der Waals surface area contributed by atoms with Gasteiger partial charge in [0.1, 0.15) is 12.7 Å². The van der Waals surface area contributed by atoms with Gasteiger partial charge < -0.3 is 14.4 Å². The van der Waals surface area contributed by atoms with Crippen LogP contribution in [-0.4, -0.2) is 50.3 Å². The summed E-state index contributed by atoms with van der Waals surface area (Å²) in [7, 11) is 2.09. The third-order valence-electron chi connectivity index (χ3n) is 2.72. The molecule has 0 atom stereocenters. The van der Waals surface area contributed by atoms with Crippen molar-refractivity contribution in [1.29, 1.82) is 0 Å². The number of carbonyl (C=O) groups excluding carboxylic acids is 1. The lowest BCUT2D eigenvalue weighted by atomic mass is 9.99. The summed E-state index contributed by atoms with van der Waals surface area (Å²) >= 11 is 0. The lowest BCUT2D eigenvalue weighted by molar-refractivity contribution is -0.157. The lowest BCUT2D eigenvalue weighted by Crippen LogP contribution is -2.36. The van der Waals surface area contributed by atoms with E-state index >= 15 is 0 Å². The Balaban J connectivity index is 2.13. The first-order valence-electron chi connectivity index (χ1n) is 6.32. The van der Waals surface area contributed by atoms with Gasteiger partial charge in [-0.05, 0) is 25.3 Å². The maximum atomic E-state index is 11.5. The Bertz CT molecular complexity index is 240. The Hall–Kier alpha value is -0.610. The fourth-order valence-corrected chi connectivity index (χ4v) is 1.76. The highest BCUT2D eigenvalue weighted by atomic mass is 16.6. The van der Waals surface area contributed by atoms with Crippen molar-refractivity contribution < 1.29 is 14.3 Å². The summed E-state index contributed by atoms with van der Waals surface area (Å²) in [6.45, 7) is 8.89. The van der Waals surface area contributed by atoms with Gasteiger partial charge in [0.2, 0.25) is 0 Å². The van der Waals surface area contributed by atoms with Crippen LogP contribution in [0.4, 0.5) is 0 Å². The molecule has 100 valence electrons. The van der Waals surface area contributed by atoms with Crippen LogP contribution in [0.2, 0.25) is 0 Å². The molecule has 1 fully saturated rings. The zero-order chi connectivity index (χ0) is 12.9. The predicted molar refractivity (Wildman–Crippen MR) is 66.9 cm³/mol. The molecule has 0 aliphatic carbocycles. The molecule has 17 heavy (non-hydrogen) atoms. The second-order valence-electron chi connectivity index (χ2n) is 6.05. The van der Waals surface area contributed by atoms with E-state index in [2.05, 4.69) is 32.7 Å². The van der Waals surface area contributed by atoms with Crippen LogP contribution < -0.4 is 0 Å². The molecule has 0 unspecified atom stereocenters. The second-order valence-corrected chi connectivity index (χ2v) is 6.05. The van der Waals surface area contributed by atoms with E-state index < -0.39 is 0 Å². The van der Waals surface area contributed by atoms with Crippen LogP contribution in [0.3, 0.4) is 0 Å². The highest BCUT2D eigenvalue weighted by Gasteiger charge is 2.20. The SMILES string of the molecule is CN1CCC(OC(=O)COCC(C)(C)C)CC1. The quantitative estimate of drug-likeness (QED) is 0.704. The molecule has 4 nitrogen and oxygen atoms in total. The Kier molecular flexibility index (Phi) is 5.40. The number of hydrogen-bond donors (Lipinski definition) is 0. The minimum atomic E-state index is -0.233. The Morgan fingerprint density at radius 1 is 1.29 bits per heavy atom. The van der Waals surface area contributed by atoms with E-state index in [0.717, 1.165) is 25.9 Å². The van der Waals surface area contributed by atoms with E-state index in [4.69, 9.17) is 9.47 Å². The van der Waals surface area contributed by atoms with Gasteiger partial charge in [-0.25, -0.2) is 4.79 Å². The first-order chi connectivity index (χ1) is 7.87. The third kappa shape index (κ3) is 6.64. The van der Waals surface area contributed by atoms with Crippen molar-refractivity contribution in [2.45, 2.75) is 39.7 Å². The average Bonchev–Trinajstić information content (AvgIpc) is 2.19. The lowest BCUT2D eigenvalue weighted by Gasteiger charge is -2.28. The first kappa shape index (κ1) is 14.5. The summed E-state index contributed by atoms with van der Waals surface area (Å²) in [4.78, 5) is 13.8. The van der Waals surface area contributed by atoms with Gasteiger partial charge in [0.15, 0.2) is 0 Å². The van der Waals surface area contributed by atoms with Crippen molar-refractivity contribution in [2.75, 3.05) is 33.4 Å². The molecule has 0 amide bonds. The van der Waals surface area contributed by atoms with Crippen molar-refractivity contribution in [3.05, 3.63) is 0 Å². The van der Waals surface area contributed by atoms with Gasteiger partial charge in [-0.15, -0.1) is 0 Å². The molecular weight excluding hydrogens is 218 g/mol. The number of likely N-dealkylation sites (tertiary alicyclic amines) is 1. The fourth-order valence-electron chi connectivity index (χ4n) is 1.76. The summed E-state index contributed by atoms with van der Waals surface area (Å²) in [5.41, 5.74) is 0.0911. The summed E-state index contributed by atoms with van der Waals surface area (Å²) in [5, 5.41) is 0. The summed E-state index contributed by atoms with van der Waals surface area (Å²) in [6.07, 6.45) is 1.94. The Morgan fingerprint density at radius 2 is 1.88 bits per heavy atom. The van der Waals surface area contributed by atoms with E-state index in [1.165, 1.54) is 0 Å². The average molecular weight is 243 g/mol. The molecule has 1 saturated heterocycles. The molecule has 1 aliphatic rings. The number of piperidine rings is 1. The molecule has 1 rings (SSSR count). The Morgan fingerprint density at radius 3 is 2.41 bits per heavy atom. The van der Waals surface area contributed by atoms with Crippen LogP contribution in [0.5, 0.6) is 0 Å². The van der Waals surface area contributed by atoms with Gasteiger partial charge in [-0.3, -0.25) is 0 Å². The molecule has 1 heterocycles. The standard InChI is InChI=1S/C13H25NO3/c1-13(2,3)10-16-9-12(15)17-11-5-7-14(4)8-6-11/h11H,5-10H2,1-4H3. The van der Waals surface area contributed by atoms with E-state index in [9.17, 15) is 4.79 Å². The maximum Gasteiger partial charge on any atom is 0.332 e. The minimum Gasteiger partial charge on any atom is -0.461 e. The monoisotopic (exact) mass is 243 g/mol. The molecule has 0 radical (unpaired) electrons. The van der Waals surface area contributed by atoms with E-state index in [1.54, 1.807) is 0 Å². The number of esters is 1. The highest BCUT2D eigenvalue weighted by Crippen LogP contribution is 2.14. The van der Waals surface area contributed by atoms with Crippen LogP contribution >= 0.6 is 0 Å². The zero-order valence-electron chi connectivity index (χ0n) is 11.5. The summed E-state index contributed by atoms with van der Waals surface area (Å²) in [6, 6.07) is 0. The van der Waals surface area contributed by atoms with E-state index in [-0.39, 0.29) is 24.1 Å². The minimum absolute atomic E-state index is 0.0730. The van der Waals surface area contributed by atoms with Crippen molar-refractivity contribution in [1.82, 2.24) is 4.90 Å². The zero-order valence-corrected chi connectivity index (χ0v) is 11.5. The molecule has 0 aromatic heterocycles. The van der Waals surface area contributed by atoms with Crippen molar-refractivity contribution in [3.63, 3.8) is 0 Å². The number of hydrogen-bond acceptors (Lipinski definition) is 4. The number of rotatable bonds is 4. The normalized spacial score (nSPS) is 19.3. The summed E-state index contributed by atoms with van der Waals surface area (Å²) in [5.74, 6) is -0.233.